The van der Waals surface area contributed by atoms with Gasteiger partial charge in [-0.15, -0.1) is 0 Å². The molecule has 0 aliphatic carbocycles. The fourth-order valence-corrected chi connectivity index (χ4v) is 17.6. The highest BCUT2D eigenvalue weighted by Crippen LogP contribution is 2.48. The SMILES string of the molecule is c1ccc(C2=NC(c3cccc(-c4ccccc4N(c4ccccc4)c4ccccc4)c3)[N-]C(n3c4ccc(-c5cccc(C6=NC(c7ccccc7-c7ccc(N(c8ccccc8)c8ccccc8)cc7)NC(n7c8ccccc8c8c(-c9ccccc9)cccc87)N6)c5)cc4c4cccc(-c5cccc(-c6ccccc6)c5)c43)N2)cc1. The second kappa shape index (κ2) is 31.0. The molecular weight excluding hydrogens is 1440 g/mol. The minimum absolute atomic E-state index is 0.470. The lowest BCUT2D eigenvalue weighted by Gasteiger charge is -2.45. The molecule has 0 spiro atoms. The van der Waals surface area contributed by atoms with Crippen LogP contribution in [0.2, 0.25) is 0 Å². The van der Waals surface area contributed by atoms with Crippen LogP contribution < -0.4 is 25.8 Å². The van der Waals surface area contributed by atoms with Gasteiger partial charge in [-0.2, -0.15) is 0 Å². The molecule has 19 aromatic rings. The highest BCUT2D eigenvalue weighted by Gasteiger charge is 2.32. The van der Waals surface area contributed by atoms with Gasteiger partial charge in [0.1, 0.15) is 17.8 Å². The molecule has 118 heavy (non-hydrogen) atoms. The number of amidine groups is 2. The lowest BCUT2D eigenvalue weighted by molar-refractivity contribution is 0.330. The quantitative estimate of drug-likeness (QED) is 0.0796. The van der Waals surface area contributed by atoms with Gasteiger partial charge in [0, 0.05) is 84.0 Å². The Hall–Kier alpha value is -15.2. The van der Waals surface area contributed by atoms with Crippen LogP contribution in [0.25, 0.3) is 116 Å². The second-order valence-corrected chi connectivity index (χ2v) is 30.1. The van der Waals surface area contributed by atoms with Gasteiger partial charge in [-0.3, -0.25) is 10.3 Å². The van der Waals surface area contributed by atoms with Crippen LogP contribution in [-0.4, -0.2) is 20.8 Å². The van der Waals surface area contributed by atoms with Crippen molar-refractivity contribution in [2.75, 3.05) is 9.80 Å². The van der Waals surface area contributed by atoms with Gasteiger partial charge in [0.2, 0.25) is 0 Å². The Balaban J connectivity index is 0.696. The predicted molar refractivity (Wildman–Crippen MR) is 490 cm³/mol. The minimum Gasteiger partial charge on any atom is -0.598 e. The number of fused-ring (bicyclic) bond motifs is 6. The summed E-state index contributed by atoms with van der Waals surface area (Å²) in [5.41, 5.74) is 27.9. The molecule has 2 aliphatic rings. The number of para-hydroxylation sites is 7. The number of nitrogens with one attached hydrogen (secondary N) is 3. The first kappa shape index (κ1) is 70.6. The Bertz CT molecular complexity index is 6870. The number of aliphatic imine (C=N–C) groups is 2. The number of aromatic nitrogens is 2. The van der Waals surface area contributed by atoms with E-state index in [9.17, 15) is 0 Å². The minimum atomic E-state index is -0.633. The van der Waals surface area contributed by atoms with Crippen molar-refractivity contribution in [2.45, 2.75) is 24.9 Å². The summed E-state index contributed by atoms with van der Waals surface area (Å²) in [7, 11) is 0. The number of anilines is 6. The van der Waals surface area contributed by atoms with Gasteiger partial charge < -0.3 is 34.9 Å². The molecule has 3 N–H and O–H groups in total. The maximum absolute atomic E-state index is 5.88. The molecule has 10 heteroatoms. The average Bonchev–Trinajstić information content (AvgIpc) is 1.57. The van der Waals surface area contributed by atoms with Crippen LogP contribution in [0.15, 0.2) is 447 Å². The third-order valence-corrected chi connectivity index (χ3v) is 23.0. The Morgan fingerprint density at radius 1 is 0.271 bits per heavy atom. The zero-order chi connectivity index (χ0) is 78.2. The third kappa shape index (κ3) is 13.3. The number of hydrogen-bond donors (Lipinski definition) is 3. The van der Waals surface area contributed by atoms with Crippen LogP contribution in [-0.2, 0) is 0 Å². The van der Waals surface area contributed by atoms with E-state index in [1.807, 2.05) is 0 Å². The molecule has 0 fully saturated rings. The fourth-order valence-electron chi connectivity index (χ4n) is 17.6. The molecule has 0 radical (unpaired) electrons. The molecule has 2 aliphatic heterocycles. The maximum Gasteiger partial charge on any atom is 0.162 e. The summed E-state index contributed by atoms with van der Waals surface area (Å²) in [6.07, 6.45) is -2.22. The molecule has 0 saturated heterocycles. The molecular formula is C108H79N10-. The molecule has 562 valence electrons. The normalized spacial score (nSPS) is 15.3. The molecule has 2 aromatic heterocycles. The molecule has 0 amide bonds. The third-order valence-electron chi connectivity index (χ3n) is 23.0. The second-order valence-electron chi connectivity index (χ2n) is 30.1. The van der Waals surface area contributed by atoms with E-state index in [2.05, 4.69) is 472 Å². The van der Waals surface area contributed by atoms with Gasteiger partial charge in [0.05, 0.1) is 22.2 Å². The summed E-state index contributed by atoms with van der Waals surface area (Å²) in [5.74, 6) is 1.52. The number of nitrogens with zero attached hydrogens (tertiary/aromatic N) is 7. The first-order chi connectivity index (χ1) is 58.5. The van der Waals surface area contributed by atoms with E-state index in [1.54, 1.807) is 0 Å². The molecule has 4 atom stereocenters. The smallest absolute Gasteiger partial charge is 0.162 e. The molecule has 10 nitrogen and oxygen atoms in total. The van der Waals surface area contributed by atoms with Crippen molar-refractivity contribution >= 4 is 89.4 Å². The molecule has 17 aromatic carbocycles. The summed E-state index contributed by atoms with van der Waals surface area (Å²) in [5, 5.41) is 22.6. The van der Waals surface area contributed by atoms with Crippen molar-refractivity contribution in [1.29, 1.82) is 0 Å². The van der Waals surface area contributed by atoms with Gasteiger partial charge in [-0.05, 0) is 176 Å². The van der Waals surface area contributed by atoms with Crippen molar-refractivity contribution in [3.8, 4) is 66.8 Å². The van der Waals surface area contributed by atoms with E-state index >= 15 is 0 Å². The summed E-state index contributed by atoms with van der Waals surface area (Å²) in [6, 6.07) is 157. The van der Waals surface area contributed by atoms with Gasteiger partial charge in [0.25, 0.3) is 0 Å². The number of rotatable bonds is 18. The van der Waals surface area contributed by atoms with Crippen LogP contribution in [0.3, 0.4) is 0 Å². The average molecular weight is 1520 g/mol. The Labute approximate surface area is 685 Å². The summed E-state index contributed by atoms with van der Waals surface area (Å²) in [6.45, 7) is 0. The largest absolute Gasteiger partial charge is 0.598 e. The van der Waals surface area contributed by atoms with Gasteiger partial charge in [-0.25, -0.2) is 4.99 Å². The van der Waals surface area contributed by atoms with Gasteiger partial charge >= 0.3 is 0 Å². The van der Waals surface area contributed by atoms with E-state index in [-0.39, 0.29) is 0 Å². The summed E-state index contributed by atoms with van der Waals surface area (Å²) >= 11 is 0. The first-order valence-corrected chi connectivity index (χ1v) is 40.3. The zero-order valence-electron chi connectivity index (χ0n) is 64.5. The van der Waals surface area contributed by atoms with E-state index in [0.717, 1.165) is 162 Å². The standard InChI is InChI=1S/C108H79N10/c1-8-33-73(34-9-1)77-39-28-42-81(69-77)92-58-31-59-93-96-72-79(65-68-99(96)118(102(92)93)108-111-103(76-37-12-3-13-38-76)109-104(113-108)83-44-30-41-80(71-83)90-54-24-26-60-97(90)116(86-49-18-6-19-50-86)87-51-20-7-21-52-87)78-40-29-43-82(70-78)105-110-106(114-107(112-105)117-98-61-27-25-56-95(98)101-91(57-32-62-100(101)117)74-35-10-2-11-36-74)94-55-23-22-53-89(94)75-63-66-88(67-64-75)115(84-45-14-4-15-46-84)85-47-16-5-17-48-85/h1-72,104,106-108,114H,(H,109,111)(H,110,112)/q-1. The van der Waals surface area contributed by atoms with Gasteiger partial charge in [-0.1, -0.05) is 334 Å². The van der Waals surface area contributed by atoms with Crippen LogP contribution in [0.4, 0.5) is 34.1 Å². The van der Waals surface area contributed by atoms with Crippen molar-refractivity contribution in [2.24, 2.45) is 9.98 Å². The van der Waals surface area contributed by atoms with E-state index in [0.29, 0.717) is 0 Å². The van der Waals surface area contributed by atoms with Crippen molar-refractivity contribution in [1.82, 2.24) is 25.1 Å². The fraction of sp³-hybridized carbons (Fsp3) is 0.0370. The molecule has 4 unspecified atom stereocenters. The molecule has 4 heterocycles. The summed E-state index contributed by atoms with van der Waals surface area (Å²) < 4.78 is 4.87. The van der Waals surface area contributed by atoms with Crippen molar-refractivity contribution in [3.63, 3.8) is 0 Å². The molecule has 0 saturated carbocycles. The van der Waals surface area contributed by atoms with Crippen molar-refractivity contribution in [3.05, 3.63) is 464 Å². The Kier molecular flexibility index (Phi) is 18.5. The van der Waals surface area contributed by atoms with Crippen LogP contribution in [0.5, 0.6) is 0 Å². The highest BCUT2D eigenvalue weighted by atomic mass is 15.4. The zero-order valence-corrected chi connectivity index (χ0v) is 64.5. The molecule has 21 rings (SSSR count). The topological polar surface area (TPSA) is 91.2 Å². The highest BCUT2D eigenvalue weighted by molar-refractivity contribution is 6.16. The Morgan fingerprint density at radius 2 is 0.720 bits per heavy atom. The lowest BCUT2D eigenvalue weighted by atomic mass is 9.96. The molecule has 0 bridgehead atoms. The van der Waals surface area contributed by atoms with Gasteiger partial charge in [0.15, 0.2) is 6.29 Å². The predicted octanol–water partition coefficient (Wildman–Crippen LogP) is 27.2. The lowest BCUT2D eigenvalue weighted by Crippen LogP contribution is -2.47. The van der Waals surface area contributed by atoms with E-state index < -0.39 is 24.9 Å². The number of benzene rings is 17. The van der Waals surface area contributed by atoms with E-state index in [1.165, 1.54) is 16.3 Å². The van der Waals surface area contributed by atoms with Crippen LogP contribution in [0, 0.1) is 0 Å². The monoisotopic (exact) mass is 1520 g/mol. The van der Waals surface area contributed by atoms with Crippen molar-refractivity contribution < 1.29 is 0 Å². The number of hydrogen-bond acceptors (Lipinski definition) is 7. The first-order valence-electron chi connectivity index (χ1n) is 40.3. The van der Waals surface area contributed by atoms with Crippen LogP contribution in [0.1, 0.15) is 47.2 Å². The van der Waals surface area contributed by atoms with E-state index in [4.69, 9.17) is 15.3 Å². The van der Waals surface area contributed by atoms with Crippen LogP contribution >= 0.6 is 0 Å². The maximum atomic E-state index is 5.88. The Morgan fingerprint density at radius 3 is 1.42 bits per heavy atom. The summed E-state index contributed by atoms with van der Waals surface area (Å²) in [4.78, 5) is 16.0.